The molecule has 1 N–H and O–H groups in total. The summed E-state index contributed by atoms with van der Waals surface area (Å²) in [5, 5.41) is 2.84. The third-order valence-electron chi connectivity index (χ3n) is 6.11. The van der Waals surface area contributed by atoms with Gasteiger partial charge in [0.25, 0.3) is 0 Å². The maximum absolute atomic E-state index is 14.6. The lowest BCUT2D eigenvalue weighted by atomic mass is 10.1. The molecular weight excluding hydrogens is 439 g/mol. The van der Waals surface area contributed by atoms with Gasteiger partial charge in [0.05, 0.1) is 30.4 Å². The van der Waals surface area contributed by atoms with Crippen LogP contribution in [0.25, 0.3) is 11.0 Å². The summed E-state index contributed by atoms with van der Waals surface area (Å²) >= 11 is 0. The zero-order chi connectivity index (χ0) is 23.9. The van der Waals surface area contributed by atoms with Gasteiger partial charge in [-0.1, -0.05) is 30.3 Å². The summed E-state index contributed by atoms with van der Waals surface area (Å²) in [6.45, 7) is 2.71. The molecule has 2 atom stereocenters. The number of nitrogens with zero attached hydrogens (tertiary/aromatic N) is 3. The molecule has 0 spiro atoms. The van der Waals surface area contributed by atoms with Crippen molar-refractivity contribution >= 4 is 17.1 Å². The van der Waals surface area contributed by atoms with E-state index in [0.29, 0.717) is 48.5 Å². The molecule has 34 heavy (non-hydrogen) atoms. The minimum Gasteiger partial charge on any atom is -0.481 e. The molecule has 4 rings (SSSR count). The van der Waals surface area contributed by atoms with Gasteiger partial charge >= 0.3 is 6.09 Å². The fourth-order valence-corrected chi connectivity index (χ4v) is 4.26. The molecule has 3 heterocycles. The van der Waals surface area contributed by atoms with Crippen molar-refractivity contribution in [1.82, 2.24) is 20.2 Å². The van der Waals surface area contributed by atoms with Crippen LogP contribution in [0.4, 0.5) is 9.18 Å². The van der Waals surface area contributed by atoms with Crippen LogP contribution in [0.15, 0.2) is 48.7 Å². The van der Waals surface area contributed by atoms with Crippen molar-refractivity contribution in [2.75, 3.05) is 40.4 Å². The van der Waals surface area contributed by atoms with E-state index >= 15 is 0 Å². The van der Waals surface area contributed by atoms with E-state index in [0.717, 1.165) is 12.1 Å². The second kappa shape index (κ2) is 11.2. The second-order valence-electron chi connectivity index (χ2n) is 8.29. The standard InChI is InChI=1S/C25H29FN4O4/c1-32-22-15-30(14-18(22)12-28-25(31)34-16-17-6-4-3-5-7-17)11-10-19-20(26)13-27-21-8-9-23(33-2)29-24(19)21/h3-9,13,18,22H,10-12,14-16H2,1-2H3,(H,28,31)/t18-,22+/m0/s1. The third-order valence-corrected chi connectivity index (χ3v) is 6.11. The number of likely N-dealkylation sites (tertiary alicyclic amines) is 1. The number of carbonyl (C=O) groups excluding carboxylic acids is 1. The summed E-state index contributed by atoms with van der Waals surface area (Å²) in [5.41, 5.74) is 2.59. The van der Waals surface area contributed by atoms with Crippen molar-refractivity contribution < 1.29 is 23.4 Å². The Kier molecular flexibility index (Phi) is 7.87. The van der Waals surface area contributed by atoms with Crippen LogP contribution in [-0.2, 0) is 22.5 Å². The zero-order valence-electron chi connectivity index (χ0n) is 19.4. The first-order valence-corrected chi connectivity index (χ1v) is 11.2. The van der Waals surface area contributed by atoms with Gasteiger partial charge in [0.15, 0.2) is 0 Å². The van der Waals surface area contributed by atoms with Gasteiger partial charge < -0.3 is 19.5 Å². The first kappa shape index (κ1) is 23.8. The number of hydrogen-bond donors (Lipinski definition) is 1. The van der Waals surface area contributed by atoms with Crippen LogP contribution in [0.1, 0.15) is 11.1 Å². The smallest absolute Gasteiger partial charge is 0.407 e. The number of aromatic nitrogens is 2. The topological polar surface area (TPSA) is 85.8 Å². The molecule has 9 heteroatoms. The number of halogens is 1. The maximum atomic E-state index is 14.6. The van der Waals surface area contributed by atoms with E-state index in [-0.39, 0.29) is 24.4 Å². The first-order chi connectivity index (χ1) is 16.6. The predicted molar refractivity (Wildman–Crippen MR) is 125 cm³/mol. The van der Waals surface area contributed by atoms with Gasteiger partial charge in [-0.15, -0.1) is 0 Å². The quantitative estimate of drug-likeness (QED) is 0.516. The molecule has 0 radical (unpaired) electrons. The highest BCUT2D eigenvalue weighted by molar-refractivity contribution is 5.78. The van der Waals surface area contributed by atoms with Gasteiger partial charge in [0, 0.05) is 50.8 Å². The Hall–Kier alpha value is -3.30. The largest absolute Gasteiger partial charge is 0.481 e. The molecule has 1 amide bonds. The Morgan fingerprint density at radius 1 is 1.18 bits per heavy atom. The second-order valence-corrected chi connectivity index (χ2v) is 8.29. The summed E-state index contributed by atoms with van der Waals surface area (Å²) < 4.78 is 30.7. The molecule has 1 aliphatic heterocycles. The van der Waals surface area contributed by atoms with Crippen LogP contribution in [0.2, 0.25) is 0 Å². The minimum atomic E-state index is -0.456. The van der Waals surface area contributed by atoms with Gasteiger partial charge in [-0.25, -0.2) is 14.2 Å². The third kappa shape index (κ3) is 5.78. The number of amides is 1. The van der Waals surface area contributed by atoms with E-state index in [1.165, 1.54) is 13.3 Å². The number of nitrogens with one attached hydrogen (secondary N) is 1. The van der Waals surface area contributed by atoms with Crippen molar-refractivity contribution in [3.63, 3.8) is 0 Å². The average molecular weight is 469 g/mol. The first-order valence-electron chi connectivity index (χ1n) is 11.2. The highest BCUT2D eigenvalue weighted by Gasteiger charge is 2.33. The summed E-state index contributed by atoms with van der Waals surface area (Å²) in [5.74, 6) is 0.147. The highest BCUT2D eigenvalue weighted by Crippen LogP contribution is 2.24. The molecular formula is C25H29FN4O4. The average Bonchev–Trinajstić information content (AvgIpc) is 3.28. The van der Waals surface area contributed by atoms with Crippen LogP contribution in [0, 0.1) is 11.7 Å². The number of pyridine rings is 2. The van der Waals surface area contributed by atoms with E-state index in [4.69, 9.17) is 14.2 Å². The van der Waals surface area contributed by atoms with E-state index in [1.807, 2.05) is 30.3 Å². The molecule has 3 aromatic rings. The molecule has 0 aliphatic carbocycles. The molecule has 1 aromatic carbocycles. The lowest BCUT2D eigenvalue weighted by molar-refractivity contribution is 0.0766. The van der Waals surface area contributed by atoms with Crippen molar-refractivity contribution in [3.05, 3.63) is 65.6 Å². The Labute approximate surface area is 198 Å². The molecule has 180 valence electrons. The SMILES string of the molecule is COc1ccc2ncc(F)c(CCN3C[C@H](CNC(=O)OCc4ccccc4)[C@H](OC)C3)c2n1. The molecule has 2 aromatic heterocycles. The van der Waals surface area contributed by atoms with Gasteiger partial charge in [0.1, 0.15) is 12.4 Å². The molecule has 8 nitrogen and oxygen atoms in total. The summed E-state index contributed by atoms with van der Waals surface area (Å²) in [4.78, 5) is 22.9. The Bertz CT molecular complexity index is 1110. The van der Waals surface area contributed by atoms with E-state index in [2.05, 4.69) is 20.2 Å². The monoisotopic (exact) mass is 468 g/mol. The number of ether oxygens (including phenoxy) is 3. The van der Waals surface area contributed by atoms with E-state index in [9.17, 15) is 9.18 Å². The van der Waals surface area contributed by atoms with Crippen molar-refractivity contribution in [2.24, 2.45) is 5.92 Å². The molecule has 1 saturated heterocycles. The number of fused-ring (bicyclic) bond motifs is 1. The zero-order valence-corrected chi connectivity index (χ0v) is 19.4. The van der Waals surface area contributed by atoms with E-state index in [1.54, 1.807) is 19.2 Å². The lowest BCUT2D eigenvalue weighted by Gasteiger charge is -2.17. The van der Waals surface area contributed by atoms with Gasteiger partial charge in [-0.05, 0) is 18.1 Å². The van der Waals surface area contributed by atoms with Crippen LogP contribution >= 0.6 is 0 Å². The minimum absolute atomic E-state index is 0.0355. The molecule has 0 bridgehead atoms. The van der Waals surface area contributed by atoms with E-state index < -0.39 is 6.09 Å². The summed E-state index contributed by atoms with van der Waals surface area (Å²) in [6, 6.07) is 13.0. The number of rotatable bonds is 9. The lowest BCUT2D eigenvalue weighted by Crippen LogP contribution is -2.35. The molecule has 1 aliphatic rings. The van der Waals surface area contributed by atoms with Crippen molar-refractivity contribution in [2.45, 2.75) is 19.1 Å². The van der Waals surface area contributed by atoms with Crippen LogP contribution in [-0.4, -0.2) is 67.5 Å². The maximum Gasteiger partial charge on any atom is 0.407 e. The summed E-state index contributed by atoms with van der Waals surface area (Å²) in [7, 11) is 3.20. The fraction of sp³-hybridized carbons (Fsp3) is 0.400. The normalized spacial score (nSPS) is 18.2. The highest BCUT2D eigenvalue weighted by atomic mass is 19.1. The fourth-order valence-electron chi connectivity index (χ4n) is 4.26. The van der Waals surface area contributed by atoms with Gasteiger partial charge in [-0.2, -0.15) is 0 Å². The molecule has 1 fully saturated rings. The van der Waals surface area contributed by atoms with Crippen LogP contribution < -0.4 is 10.1 Å². The van der Waals surface area contributed by atoms with Gasteiger partial charge in [0.2, 0.25) is 5.88 Å². The number of methoxy groups -OCH3 is 2. The summed E-state index contributed by atoms with van der Waals surface area (Å²) in [6.07, 6.45) is 1.22. The number of alkyl carbamates (subject to hydrolysis) is 1. The Balaban J connectivity index is 1.31. The number of benzene rings is 1. The number of hydrogen-bond acceptors (Lipinski definition) is 7. The molecule has 0 unspecified atom stereocenters. The predicted octanol–water partition coefficient (Wildman–Crippen LogP) is 3.19. The molecule has 0 saturated carbocycles. The van der Waals surface area contributed by atoms with Crippen molar-refractivity contribution in [3.8, 4) is 5.88 Å². The van der Waals surface area contributed by atoms with Crippen LogP contribution in [0.5, 0.6) is 5.88 Å². The number of carbonyl (C=O) groups is 1. The van der Waals surface area contributed by atoms with Crippen LogP contribution in [0.3, 0.4) is 0 Å². The van der Waals surface area contributed by atoms with Gasteiger partial charge in [-0.3, -0.25) is 9.88 Å². The Morgan fingerprint density at radius 3 is 2.76 bits per heavy atom. The Morgan fingerprint density at radius 2 is 2.00 bits per heavy atom. The van der Waals surface area contributed by atoms with Crippen molar-refractivity contribution in [1.29, 1.82) is 0 Å².